The topological polar surface area (TPSA) is 115 Å². The number of carboxylic acids is 1. The number of imidazole rings is 1. The molecule has 3 aromatic heterocycles. The number of rotatable bonds is 12. The number of aliphatic carboxylic acids is 1. The fourth-order valence-electron chi connectivity index (χ4n) is 6.29. The van der Waals surface area contributed by atoms with Crippen LogP contribution in [0.4, 0.5) is 0 Å². The molecule has 5 rings (SSSR count). The Hall–Kier alpha value is -3.89. The highest BCUT2D eigenvalue weighted by atomic mass is 16.5. The highest BCUT2D eigenvalue weighted by molar-refractivity contribution is 5.80. The predicted molar refractivity (Wildman–Crippen MR) is 171 cm³/mol. The maximum Gasteiger partial charge on any atom is 0.303 e. The van der Waals surface area contributed by atoms with Gasteiger partial charge in [0.05, 0.1) is 30.8 Å². The van der Waals surface area contributed by atoms with Crippen LogP contribution in [0.2, 0.25) is 0 Å². The number of pyridine rings is 1. The van der Waals surface area contributed by atoms with Crippen molar-refractivity contribution < 1.29 is 14.6 Å². The molecule has 0 radical (unpaired) electrons. The van der Waals surface area contributed by atoms with Gasteiger partial charge in [0.2, 0.25) is 0 Å². The van der Waals surface area contributed by atoms with Crippen LogP contribution in [0.5, 0.6) is 0 Å². The maximum atomic E-state index is 12.4. The number of likely N-dealkylation sites (tertiary alicyclic amines) is 1. The van der Waals surface area contributed by atoms with Crippen molar-refractivity contribution in [3.05, 3.63) is 75.8 Å². The highest BCUT2D eigenvalue weighted by Crippen LogP contribution is 2.34. The average molecular weight is 601 g/mol. The second-order valence-electron chi connectivity index (χ2n) is 12.6. The van der Waals surface area contributed by atoms with Gasteiger partial charge in [0.25, 0.3) is 5.56 Å². The molecule has 0 bridgehead atoms. The molecule has 1 aliphatic rings. The lowest BCUT2D eigenvalue weighted by atomic mass is 9.92. The Morgan fingerprint density at radius 1 is 1.07 bits per heavy atom. The van der Waals surface area contributed by atoms with Gasteiger partial charge in [-0.2, -0.15) is 5.10 Å². The van der Waals surface area contributed by atoms with Crippen molar-refractivity contribution in [2.24, 2.45) is 18.9 Å². The lowest BCUT2D eigenvalue weighted by Gasteiger charge is -2.33. The highest BCUT2D eigenvalue weighted by Gasteiger charge is 2.26. The molecule has 1 N–H and O–H groups in total. The maximum absolute atomic E-state index is 12.4. The number of piperidine rings is 1. The summed E-state index contributed by atoms with van der Waals surface area (Å²) in [6.07, 6.45) is 4.07. The number of carboxylic acid groups (broad SMARTS) is 1. The molecule has 44 heavy (non-hydrogen) atoms. The first-order valence-corrected chi connectivity index (χ1v) is 15.6. The van der Waals surface area contributed by atoms with Gasteiger partial charge in [-0.1, -0.05) is 44.2 Å². The minimum Gasteiger partial charge on any atom is -0.481 e. The number of carbonyl (C=O) groups is 1. The number of nitrogens with zero attached hydrogens (tertiary/aromatic N) is 6. The molecular weight excluding hydrogens is 556 g/mol. The van der Waals surface area contributed by atoms with Crippen LogP contribution in [0.25, 0.3) is 22.6 Å². The van der Waals surface area contributed by atoms with Gasteiger partial charge in [-0.15, -0.1) is 0 Å². The lowest BCUT2D eigenvalue weighted by Crippen LogP contribution is -2.37. The summed E-state index contributed by atoms with van der Waals surface area (Å²) < 4.78 is 9.43. The third kappa shape index (κ3) is 7.25. The summed E-state index contributed by atoms with van der Waals surface area (Å²) >= 11 is 0. The van der Waals surface area contributed by atoms with Crippen LogP contribution in [0.15, 0.2) is 53.5 Å². The van der Waals surface area contributed by atoms with Gasteiger partial charge in [-0.25, -0.2) is 9.67 Å². The van der Waals surface area contributed by atoms with E-state index >= 15 is 0 Å². The van der Waals surface area contributed by atoms with Crippen LogP contribution in [0, 0.1) is 18.8 Å². The first-order valence-electron chi connectivity index (χ1n) is 15.6. The monoisotopic (exact) mass is 600 g/mol. The summed E-state index contributed by atoms with van der Waals surface area (Å²) in [5.74, 6) is 0.691. The summed E-state index contributed by atoms with van der Waals surface area (Å²) in [5, 5.41) is 13.5. The molecule has 4 aromatic rings. The Kier molecular flexibility index (Phi) is 9.90. The second-order valence-corrected chi connectivity index (χ2v) is 12.6. The zero-order chi connectivity index (χ0) is 31.4. The molecule has 1 aromatic carbocycles. The molecule has 1 saturated heterocycles. The Morgan fingerprint density at radius 2 is 1.77 bits per heavy atom. The minimum atomic E-state index is -0.780. The van der Waals surface area contributed by atoms with Gasteiger partial charge in [0, 0.05) is 37.4 Å². The largest absolute Gasteiger partial charge is 0.481 e. The molecule has 1 aliphatic heterocycles. The van der Waals surface area contributed by atoms with E-state index in [0.29, 0.717) is 36.3 Å². The molecule has 10 heteroatoms. The smallest absolute Gasteiger partial charge is 0.303 e. The number of ether oxygens (including phenoxy) is 1. The Bertz CT molecular complexity index is 1610. The van der Waals surface area contributed by atoms with Crippen molar-refractivity contribution in [2.45, 2.75) is 58.9 Å². The van der Waals surface area contributed by atoms with Crippen molar-refractivity contribution in [3.63, 3.8) is 0 Å². The van der Waals surface area contributed by atoms with E-state index in [0.717, 1.165) is 60.6 Å². The zero-order valence-corrected chi connectivity index (χ0v) is 26.4. The van der Waals surface area contributed by atoms with Crippen molar-refractivity contribution >= 4 is 17.0 Å². The summed E-state index contributed by atoms with van der Waals surface area (Å²) in [5.41, 5.74) is 5.24. The van der Waals surface area contributed by atoms with Gasteiger partial charge in [-0.3, -0.25) is 14.6 Å². The molecule has 234 valence electrons. The Balaban J connectivity index is 1.33. The van der Waals surface area contributed by atoms with E-state index in [1.807, 2.05) is 44.3 Å². The first-order chi connectivity index (χ1) is 21.1. The SMILES string of the molecule is Cc1cc(-c2nc3cnc(C4CCN(CC(C)COCC(C)CC(=O)O)CC4)cc3n2[C@@H](C)c2ccccc2)nn(C)c1=O. The van der Waals surface area contributed by atoms with Gasteiger partial charge in [0.1, 0.15) is 11.2 Å². The fraction of sp³-hybridized carbons (Fsp3) is 0.500. The molecule has 2 unspecified atom stereocenters. The zero-order valence-electron chi connectivity index (χ0n) is 26.4. The minimum absolute atomic E-state index is 0.0107. The molecule has 0 aliphatic carbocycles. The summed E-state index contributed by atoms with van der Waals surface area (Å²) in [4.78, 5) is 35.7. The second kappa shape index (κ2) is 13.8. The third-order valence-electron chi connectivity index (χ3n) is 8.64. The Labute approximate surface area is 258 Å². The van der Waals surface area contributed by atoms with E-state index in [1.54, 1.807) is 7.05 Å². The van der Waals surface area contributed by atoms with Gasteiger partial charge >= 0.3 is 5.97 Å². The quantitative estimate of drug-likeness (QED) is 0.240. The van der Waals surface area contributed by atoms with Crippen LogP contribution in [-0.4, -0.2) is 73.1 Å². The van der Waals surface area contributed by atoms with Crippen LogP contribution in [0.1, 0.15) is 68.8 Å². The van der Waals surface area contributed by atoms with E-state index in [1.165, 1.54) is 4.68 Å². The van der Waals surface area contributed by atoms with Crippen LogP contribution < -0.4 is 5.56 Å². The number of hydrogen-bond acceptors (Lipinski definition) is 7. The molecule has 0 saturated carbocycles. The van der Waals surface area contributed by atoms with Gasteiger partial charge in [0.15, 0.2) is 5.82 Å². The number of hydrogen-bond donors (Lipinski definition) is 1. The van der Waals surface area contributed by atoms with Crippen LogP contribution in [0.3, 0.4) is 0 Å². The van der Waals surface area contributed by atoms with Crippen LogP contribution in [-0.2, 0) is 16.6 Å². The van der Waals surface area contributed by atoms with Crippen molar-refractivity contribution in [1.29, 1.82) is 0 Å². The van der Waals surface area contributed by atoms with Crippen molar-refractivity contribution in [3.8, 4) is 11.5 Å². The van der Waals surface area contributed by atoms with Gasteiger partial charge in [-0.05, 0) is 69.3 Å². The van der Waals surface area contributed by atoms with Crippen molar-refractivity contribution in [1.82, 2.24) is 29.2 Å². The Morgan fingerprint density at radius 3 is 2.45 bits per heavy atom. The van der Waals surface area contributed by atoms with Gasteiger partial charge < -0.3 is 19.3 Å². The fourth-order valence-corrected chi connectivity index (χ4v) is 6.29. The first kappa shape index (κ1) is 31.5. The molecule has 4 heterocycles. The predicted octanol–water partition coefficient (Wildman–Crippen LogP) is 5.05. The number of benzene rings is 1. The van der Waals surface area contributed by atoms with E-state index in [2.05, 4.69) is 46.6 Å². The van der Waals surface area contributed by atoms with E-state index in [4.69, 9.17) is 19.8 Å². The van der Waals surface area contributed by atoms with Crippen LogP contribution >= 0.6 is 0 Å². The average Bonchev–Trinajstić information content (AvgIpc) is 3.38. The number of aromatic nitrogens is 5. The molecule has 3 atom stereocenters. The summed E-state index contributed by atoms with van der Waals surface area (Å²) in [6, 6.07) is 14.4. The number of fused-ring (bicyclic) bond motifs is 1. The van der Waals surface area contributed by atoms with Crippen molar-refractivity contribution in [2.75, 3.05) is 32.8 Å². The third-order valence-corrected chi connectivity index (χ3v) is 8.64. The van der Waals surface area contributed by atoms with E-state index in [9.17, 15) is 9.59 Å². The standard InChI is InChI=1S/C34H44N6O4/c1-22(15-32(41)42)20-44-21-23(2)19-39-13-11-27(12-14-39)28-17-31-30(18-35-28)36-33(29-16-24(3)34(43)38(5)37-29)40(31)25(4)26-9-7-6-8-10-26/h6-10,16-18,22-23,25,27H,11-15,19-21H2,1-5H3,(H,41,42)/t22?,23?,25-/m0/s1. The molecule has 10 nitrogen and oxygen atoms in total. The lowest BCUT2D eigenvalue weighted by molar-refractivity contribution is -0.138. The normalized spacial score (nSPS) is 16.7. The number of aryl methyl sites for hydroxylation is 2. The van der Waals surface area contributed by atoms with E-state index < -0.39 is 5.97 Å². The molecular formula is C34H44N6O4. The molecule has 0 spiro atoms. The molecule has 0 amide bonds. The molecule has 1 fully saturated rings. The summed E-state index contributed by atoms with van der Waals surface area (Å²) in [6.45, 7) is 12.2. The summed E-state index contributed by atoms with van der Waals surface area (Å²) in [7, 11) is 1.68. The van der Waals surface area contributed by atoms with E-state index in [-0.39, 0.29) is 23.9 Å².